The van der Waals surface area contributed by atoms with Gasteiger partial charge in [0.2, 0.25) is 0 Å². The first kappa shape index (κ1) is 18.5. The van der Waals surface area contributed by atoms with Gasteiger partial charge in [-0.15, -0.1) is 0 Å². The SMILES string of the molecule is CCN1CCN(C(=NC(=O)c2ccccc2C)OCC(C)C)CC1. The number of amidine groups is 1. The van der Waals surface area contributed by atoms with Crippen molar-refractivity contribution >= 4 is 11.9 Å². The number of carbonyl (C=O) groups excluding carboxylic acids is 1. The molecule has 5 nitrogen and oxygen atoms in total. The predicted molar refractivity (Wildman–Crippen MR) is 97.4 cm³/mol. The highest BCUT2D eigenvalue weighted by Crippen LogP contribution is 2.11. The lowest BCUT2D eigenvalue weighted by atomic mass is 10.1. The molecule has 1 aliphatic heterocycles. The van der Waals surface area contributed by atoms with Gasteiger partial charge in [0.15, 0.2) is 0 Å². The zero-order valence-electron chi connectivity index (χ0n) is 15.3. The number of nitrogens with zero attached hydrogens (tertiary/aromatic N) is 3. The van der Waals surface area contributed by atoms with Gasteiger partial charge >= 0.3 is 0 Å². The molecule has 0 atom stereocenters. The molecular formula is C19H29N3O2. The van der Waals surface area contributed by atoms with Crippen LogP contribution in [0.4, 0.5) is 0 Å². The lowest BCUT2D eigenvalue weighted by Crippen LogP contribution is -2.49. The van der Waals surface area contributed by atoms with Crippen LogP contribution in [0, 0.1) is 12.8 Å². The third-order valence-corrected chi connectivity index (χ3v) is 4.21. The number of rotatable bonds is 4. The van der Waals surface area contributed by atoms with E-state index in [2.05, 4.69) is 35.6 Å². The van der Waals surface area contributed by atoms with Crippen molar-refractivity contribution in [2.75, 3.05) is 39.3 Å². The van der Waals surface area contributed by atoms with Crippen molar-refractivity contribution in [3.63, 3.8) is 0 Å². The minimum atomic E-state index is -0.232. The standard InChI is InChI=1S/C19H29N3O2/c1-5-21-10-12-22(13-11-21)19(24-14-15(2)3)20-18(23)17-9-7-6-8-16(17)4/h6-9,15H,5,10-14H2,1-4H3. The zero-order chi connectivity index (χ0) is 17.5. The molecule has 1 fully saturated rings. The largest absolute Gasteiger partial charge is 0.465 e. The first-order valence-electron chi connectivity index (χ1n) is 8.80. The summed E-state index contributed by atoms with van der Waals surface area (Å²) >= 11 is 0. The van der Waals surface area contributed by atoms with Crippen LogP contribution in [0.3, 0.4) is 0 Å². The van der Waals surface area contributed by atoms with E-state index in [1.54, 1.807) is 0 Å². The first-order chi connectivity index (χ1) is 11.5. The van der Waals surface area contributed by atoms with Crippen LogP contribution in [0.25, 0.3) is 0 Å². The Kier molecular flexibility index (Phi) is 6.79. The van der Waals surface area contributed by atoms with Gasteiger partial charge < -0.3 is 14.5 Å². The number of piperazine rings is 1. The summed E-state index contributed by atoms with van der Waals surface area (Å²) in [5, 5.41) is 0. The molecule has 0 unspecified atom stereocenters. The van der Waals surface area contributed by atoms with E-state index in [1.807, 2.05) is 31.2 Å². The number of benzene rings is 1. The highest BCUT2D eigenvalue weighted by atomic mass is 16.5. The maximum atomic E-state index is 12.6. The lowest BCUT2D eigenvalue weighted by Gasteiger charge is -2.35. The Hall–Kier alpha value is -1.88. The molecule has 0 bridgehead atoms. The van der Waals surface area contributed by atoms with E-state index in [4.69, 9.17) is 4.74 Å². The molecule has 1 aromatic rings. The van der Waals surface area contributed by atoms with Gasteiger partial charge in [-0.05, 0) is 31.0 Å². The second-order valence-electron chi connectivity index (χ2n) is 6.64. The summed E-state index contributed by atoms with van der Waals surface area (Å²) in [7, 11) is 0. The summed E-state index contributed by atoms with van der Waals surface area (Å²) in [5.74, 6) is 0.158. The number of aliphatic imine (C=N–C) groups is 1. The maximum absolute atomic E-state index is 12.6. The van der Waals surface area contributed by atoms with Gasteiger partial charge in [0, 0.05) is 31.7 Å². The Morgan fingerprint density at radius 1 is 1.21 bits per heavy atom. The minimum Gasteiger partial charge on any atom is -0.465 e. The van der Waals surface area contributed by atoms with E-state index < -0.39 is 0 Å². The molecule has 0 spiro atoms. The first-order valence-corrected chi connectivity index (χ1v) is 8.80. The lowest BCUT2D eigenvalue weighted by molar-refractivity contribution is 0.0983. The molecule has 1 amide bonds. The van der Waals surface area contributed by atoms with Crippen LogP contribution >= 0.6 is 0 Å². The van der Waals surface area contributed by atoms with Crippen LogP contribution in [-0.4, -0.2) is 61.1 Å². The van der Waals surface area contributed by atoms with Crippen LogP contribution in [0.1, 0.15) is 36.7 Å². The summed E-state index contributed by atoms with van der Waals surface area (Å²) in [6.07, 6.45) is 0. The number of likely N-dealkylation sites (N-methyl/N-ethyl adjacent to an activating group) is 1. The van der Waals surface area contributed by atoms with Gasteiger partial charge in [-0.25, -0.2) is 0 Å². The molecule has 2 rings (SSSR count). The summed E-state index contributed by atoms with van der Waals surface area (Å²) in [5.41, 5.74) is 1.57. The second kappa shape index (κ2) is 8.83. The molecule has 0 aliphatic carbocycles. The average Bonchev–Trinajstić information content (AvgIpc) is 2.58. The highest BCUT2D eigenvalue weighted by molar-refractivity contribution is 6.02. The van der Waals surface area contributed by atoms with Crippen molar-refractivity contribution in [3.05, 3.63) is 35.4 Å². The van der Waals surface area contributed by atoms with E-state index >= 15 is 0 Å². The van der Waals surface area contributed by atoms with Crippen molar-refractivity contribution < 1.29 is 9.53 Å². The molecule has 5 heteroatoms. The van der Waals surface area contributed by atoms with Crippen LogP contribution in [0.5, 0.6) is 0 Å². The second-order valence-corrected chi connectivity index (χ2v) is 6.64. The number of aryl methyl sites for hydroxylation is 1. The molecule has 0 N–H and O–H groups in total. The van der Waals surface area contributed by atoms with E-state index in [1.165, 1.54) is 0 Å². The van der Waals surface area contributed by atoms with Crippen molar-refractivity contribution in [1.82, 2.24) is 9.80 Å². The van der Waals surface area contributed by atoms with Crippen LogP contribution < -0.4 is 0 Å². The Balaban J connectivity index is 2.16. The van der Waals surface area contributed by atoms with E-state index in [0.717, 1.165) is 38.3 Å². The summed E-state index contributed by atoms with van der Waals surface area (Å²) in [4.78, 5) is 21.4. The van der Waals surface area contributed by atoms with E-state index in [0.29, 0.717) is 24.1 Å². The fraction of sp³-hybridized carbons (Fsp3) is 0.579. The molecule has 1 saturated heterocycles. The zero-order valence-corrected chi connectivity index (χ0v) is 15.3. The normalized spacial score (nSPS) is 16.5. The van der Waals surface area contributed by atoms with Crippen LogP contribution in [-0.2, 0) is 4.74 Å². The van der Waals surface area contributed by atoms with E-state index in [-0.39, 0.29) is 5.91 Å². The van der Waals surface area contributed by atoms with Gasteiger partial charge in [0.25, 0.3) is 11.9 Å². The average molecular weight is 331 g/mol. The van der Waals surface area contributed by atoms with Crippen LogP contribution in [0.15, 0.2) is 29.3 Å². The Labute approximate surface area is 145 Å². The molecule has 132 valence electrons. The molecule has 1 aromatic carbocycles. The molecular weight excluding hydrogens is 302 g/mol. The summed E-state index contributed by atoms with van der Waals surface area (Å²) in [6, 6.07) is 8.00. The van der Waals surface area contributed by atoms with Gasteiger partial charge in [-0.1, -0.05) is 39.0 Å². The van der Waals surface area contributed by atoms with Crippen molar-refractivity contribution in [1.29, 1.82) is 0 Å². The van der Waals surface area contributed by atoms with Gasteiger partial charge in [0.05, 0.1) is 6.61 Å². The van der Waals surface area contributed by atoms with Crippen molar-refractivity contribution in [3.8, 4) is 0 Å². The number of ether oxygens (including phenoxy) is 1. The molecule has 24 heavy (non-hydrogen) atoms. The molecule has 1 aliphatic rings. The van der Waals surface area contributed by atoms with Gasteiger partial charge in [-0.2, -0.15) is 4.99 Å². The Bertz CT molecular complexity index is 576. The third-order valence-electron chi connectivity index (χ3n) is 4.21. The molecule has 1 heterocycles. The predicted octanol–water partition coefficient (Wildman–Crippen LogP) is 2.80. The highest BCUT2D eigenvalue weighted by Gasteiger charge is 2.22. The Morgan fingerprint density at radius 2 is 1.88 bits per heavy atom. The Morgan fingerprint density at radius 3 is 2.46 bits per heavy atom. The molecule has 0 saturated carbocycles. The fourth-order valence-corrected chi connectivity index (χ4v) is 2.65. The summed E-state index contributed by atoms with van der Waals surface area (Å²) < 4.78 is 5.88. The molecule has 0 aromatic heterocycles. The number of amides is 1. The van der Waals surface area contributed by atoms with Crippen LogP contribution in [0.2, 0.25) is 0 Å². The maximum Gasteiger partial charge on any atom is 0.295 e. The topological polar surface area (TPSA) is 45.1 Å². The number of carbonyl (C=O) groups is 1. The van der Waals surface area contributed by atoms with Gasteiger partial charge in [0.1, 0.15) is 0 Å². The minimum absolute atomic E-state index is 0.232. The van der Waals surface area contributed by atoms with Gasteiger partial charge in [-0.3, -0.25) is 4.79 Å². The quantitative estimate of drug-likeness (QED) is 0.629. The number of hydrogen-bond acceptors (Lipinski definition) is 3. The summed E-state index contributed by atoms with van der Waals surface area (Å²) in [6.45, 7) is 13.5. The van der Waals surface area contributed by atoms with Crippen molar-refractivity contribution in [2.45, 2.75) is 27.7 Å². The third kappa shape index (κ3) is 5.06. The monoisotopic (exact) mass is 331 g/mol. The fourth-order valence-electron chi connectivity index (χ4n) is 2.65. The number of hydrogen-bond donors (Lipinski definition) is 0. The molecule has 0 radical (unpaired) electrons. The van der Waals surface area contributed by atoms with Crippen molar-refractivity contribution in [2.24, 2.45) is 10.9 Å². The van der Waals surface area contributed by atoms with E-state index in [9.17, 15) is 4.79 Å². The smallest absolute Gasteiger partial charge is 0.295 e.